The van der Waals surface area contributed by atoms with Gasteiger partial charge in [-0.25, -0.2) is 0 Å². The van der Waals surface area contributed by atoms with E-state index in [2.05, 4.69) is 0 Å². The van der Waals surface area contributed by atoms with Gasteiger partial charge >= 0.3 is 13.3 Å². The summed E-state index contributed by atoms with van der Waals surface area (Å²) in [5.41, 5.74) is -2.62. The minimum Gasteiger partial charge on any atom is -0.304 e. The first-order valence-corrected chi connectivity index (χ1v) is 9.58. The minimum atomic E-state index is -4.59. The Morgan fingerprint density at radius 3 is 2.17 bits per heavy atom. The molecule has 136 valence electrons. The zero-order chi connectivity index (χ0) is 18.6. The topological polar surface area (TPSA) is 35.5 Å². The Morgan fingerprint density at radius 1 is 1.17 bits per heavy atom. The van der Waals surface area contributed by atoms with Gasteiger partial charge in [-0.2, -0.15) is 8.78 Å². The zero-order valence-electron chi connectivity index (χ0n) is 15.2. The van der Waals surface area contributed by atoms with Crippen LogP contribution in [0.3, 0.4) is 0 Å². The fourth-order valence-corrected chi connectivity index (χ4v) is 3.92. The van der Waals surface area contributed by atoms with Crippen LogP contribution in [0, 0.1) is 5.41 Å². The lowest BCUT2D eigenvalue weighted by molar-refractivity contribution is 0.0360. The Balaban J connectivity index is 3.33. The van der Waals surface area contributed by atoms with Gasteiger partial charge in [0.2, 0.25) is 0 Å². The van der Waals surface area contributed by atoms with Gasteiger partial charge in [0.15, 0.2) is 0 Å². The van der Waals surface area contributed by atoms with Crippen molar-refractivity contribution in [2.24, 2.45) is 5.41 Å². The summed E-state index contributed by atoms with van der Waals surface area (Å²) in [6.45, 7) is 10.8. The normalized spacial score (nSPS) is 14.1. The quantitative estimate of drug-likeness (QED) is 0.524. The summed E-state index contributed by atoms with van der Waals surface area (Å²) in [6, 6.07) is 5.88. The standard InChI is InChI=1S/C18H27F2O3P/c1-7-22-24(21,23-8-2)18(19,20)16-11-9-10-15(12-16)14(3)13-17(4,5)6/h9-13H,7-8H2,1-6H3/b14-13+. The molecule has 0 fully saturated rings. The number of halogens is 2. The first-order chi connectivity index (χ1) is 11.0. The van der Waals surface area contributed by atoms with E-state index >= 15 is 0 Å². The Morgan fingerprint density at radius 2 is 1.71 bits per heavy atom. The van der Waals surface area contributed by atoms with Crippen molar-refractivity contribution in [2.75, 3.05) is 13.2 Å². The second-order valence-corrected chi connectivity index (χ2v) is 8.72. The van der Waals surface area contributed by atoms with Crippen LogP contribution in [0.4, 0.5) is 8.78 Å². The molecule has 24 heavy (non-hydrogen) atoms. The van der Waals surface area contributed by atoms with Gasteiger partial charge in [-0.05, 0) is 43.4 Å². The van der Waals surface area contributed by atoms with Crippen molar-refractivity contribution >= 4 is 13.2 Å². The molecule has 1 aromatic rings. The lowest BCUT2D eigenvalue weighted by atomic mass is 9.91. The van der Waals surface area contributed by atoms with E-state index < -0.39 is 13.3 Å². The molecule has 0 spiro atoms. The van der Waals surface area contributed by atoms with Crippen molar-refractivity contribution in [3.63, 3.8) is 0 Å². The summed E-state index contributed by atoms with van der Waals surface area (Å²) in [4.78, 5) is 0. The maximum atomic E-state index is 14.8. The first-order valence-electron chi connectivity index (χ1n) is 8.04. The third-order valence-electron chi connectivity index (χ3n) is 3.26. The van der Waals surface area contributed by atoms with Crippen LogP contribution in [0.5, 0.6) is 0 Å². The van der Waals surface area contributed by atoms with Crippen molar-refractivity contribution in [1.82, 2.24) is 0 Å². The Labute approximate surface area is 143 Å². The van der Waals surface area contributed by atoms with Crippen LogP contribution in [0.2, 0.25) is 0 Å². The van der Waals surface area contributed by atoms with Crippen LogP contribution in [-0.4, -0.2) is 13.2 Å². The summed E-state index contributed by atoms with van der Waals surface area (Å²) in [5.74, 6) is 0. The Kier molecular flexibility index (Phi) is 6.92. The third-order valence-corrected chi connectivity index (χ3v) is 5.40. The largest absolute Gasteiger partial charge is 0.404 e. The molecular weight excluding hydrogens is 333 g/mol. The zero-order valence-corrected chi connectivity index (χ0v) is 16.1. The van der Waals surface area contributed by atoms with Crippen molar-refractivity contribution < 1.29 is 22.4 Å². The number of hydrogen-bond acceptors (Lipinski definition) is 3. The number of benzene rings is 1. The Bertz CT molecular complexity index is 623. The van der Waals surface area contributed by atoms with E-state index in [-0.39, 0.29) is 24.2 Å². The van der Waals surface area contributed by atoms with E-state index in [0.717, 1.165) is 5.57 Å². The molecule has 0 bridgehead atoms. The monoisotopic (exact) mass is 360 g/mol. The number of allylic oxidation sites excluding steroid dienone is 2. The Hall–Kier alpha value is -1.03. The predicted molar refractivity (Wildman–Crippen MR) is 94.3 cm³/mol. The average Bonchev–Trinajstić information content (AvgIpc) is 2.46. The van der Waals surface area contributed by atoms with Crippen molar-refractivity contribution in [1.29, 1.82) is 0 Å². The van der Waals surface area contributed by atoms with E-state index in [0.29, 0.717) is 5.56 Å². The van der Waals surface area contributed by atoms with Crippen LogP contribution in [0.15, 0.2) is 30.3 Å². The van der Waals surface area contributed by atoms with Gasteiger partial charge in [0.05, 0.1) is 13.2 Å². The molecule has 0 aliphatic carbocycles. The van der Waals surface area contributed by atoms with Crippen LogP contribution in [-0.2, 0) is 19.3 Å². The molecule has 0 N–H and O–H groups in total. The highest BCUT2D eigenvalue weighted by Crippen LogP contribution is 2.66. The molecule has 3 nitrogen and oxygen atoms in total. The molecule has 0 aromatic heterocycles. The van der Waals surface area contributed by atoms with Gasteiger partial charge in [-0.3, -0.25) is 4.57 Å². The van der Waals surface area contributed by atoms with Gasteiger partial charge < -0.3 is 9.05 Å². The molecule has 0 amide bonds. The average molecular weight is 360 g/mol. The number of rotatable bonds is 7. The summed E-state index contributed by atoms with van der Waals surface area (Å²) in [7, 11) is -4.59. The molecule has 0 saturated carbocycles. The summed E-state index contributed by atoms with van der Waals surface area (Å²) >= 11 is 0. The van der Waals surface area contributed by atoms with E-state index in [1.807, 2.05) is 33.8 Å². The van der Waals surface area contributed by atoms with Crippen LogP contribution >= 0.6 is 7.60 Å². The summed E-state index contributed by atoms with van der Waals surface area (Å²) in [5, 5.41) is 0. The number of hydrogen-bond donors (Lipinski definition) is 0. The van der Waals surface area contributed by atoms with Gasteiger partial charge in [0, 0.05) is 5.56 Å². The van der Waals surface area contributed by atoms with Crippen LogP contribution in [0.1, 0.15) is 52.7 Å². The van der Waals surface area contributed by atoms with Gasteiger partial charge in [-0.1, -0.05) is 45.0 Å². The smallest absolute Gasteiger partial charge is 0.304 e. The molecule has 1 rings (SSSR count). The predicted octanol–water partition coefficient (Wildman–Crippen LogP) is 6.45. The molecule has 0 saturated heterocycles. The van der Waals surface area contributed by atoms with E-state index in [1.54, 1.807) is 6.07 Å². The lowest BCUT2D eigenvalue weighted by Crippen LogP contribution is -2.18. The van der Waals surface area contributed by atoms with Crippen molar-refractivity contribution in [2.45, 2.75) is 47.2 Å². The molecule has 0 heterocycles. The minimum absolute atomic E-state index is 0.0749. The van der Waals surface area contributed by atoms with Gasteiger partial charge in [0.1, 0.15) is 0 Å². The first kappa shape index (κ1) is 21.0. The van der Waals surface area contributed by atoms with E-state index in [1.165, 1.54) is 32.0 Å². The molecule has 0 aliphatic rings. The maximum Gasteiger partial charge on any atom is 0.404 e. The highest BCUT2D eigenvalue weighted by molar-refractivity contribution is 7.54. The second-order valence-electron chi connectivity index (χ2n) is 6.65. The van der Waals surface area contributed by atoms with Crippen LogP contribution < -0.4 is 0 Å². The van der Waals surface area contributed by atoms with Crippen molar-refractivity contribution in [3.05, 3.63) is 41.5 Å². The molecule has 0 radical (unpaired) electrons. The highest BCUT2D eigenvalue weighted by Gasteiger charge is 2.54. The second kappa shape index (κ2) is 7.90. The molecule has 6 heteroatoms. The van der Waals surface area contributed by atoms with Gasteiger partial charge in [0.25, 0.3) is 0 Å². The van der Waals surface area contributed by atoms with Crippen molar-refractivity contribution in [3.8, 4) is 0 Å². The summed E-state index contributed by atoms with van der Waals surface area (Å²) in [6.07, 6.45) is 2.01. The van der Waals surface area contributed by atoms with E-state index in [9.17, 15) is 13.3 Å². The van der Waals surface area contributed by atoms with Gasteiger partial charge in [-0.15, -0.1) is 0 Å². The highest BCUT2D eigenvalue weighted by atomic mass is 31.2. The number of alkyl halides is 2. The molecule has 0 aliphatic heterocycles. The fourth-order valence-electron chi connectivity index (χ4n) is 2.38. The maximum absolute atomic E-state index is 14.8. The van der Waals surface area contributed by atoms with Crippen LogP contribution in [0.25, 0.3) is 5.57 Å². The van der Waals surface area contributed by atoms with E-state index in [4.69, 9.17) is 9.05 Å². The fraction of sp³-hybridized carbons (Fsp3) is 0.556. The molecule has 0 atom stereocenters. The lowest BCUT2D eigenvalue weighted by Gasteiger charge is -2.26. The SMILES string of the molecule is CCOP(=O)(OCC)C(F)(F)c1cccc(/C(C)=C/C(C)(C)C)c1. The molecular formula is C18H27F2O3P. The third kappa shape index (κ3) is 4.98. The summed E-state index contributed by atoms with van der Waals surface area (Å²) < 4.78 is 51.9. The molecule has 0 unspecified atom stereocenters. The molecule has 1 aromatic carbocycles.